The predicted octanol–water partition coefficient (Wildman–Crippen LogP) is 6.42. The number of para-hydroxylation sites is 1. The number of rotatable bonds is 5. The van der Waals surface area contributed by atoms with Gasteiger partial charge in [-0.1, -0.05) is 35.9 Å². The lowest BCUT2D eigenvalue weighted by atomic mass is 10.1. The Morgan fingerprint density at radius 2 is 1.49 bits per heavy atom. The molecule has 0 aliphatic rings. The van der Waals surface area contributed by atoms with Crippen molar-refractivity contribution < 1.29 is 22.8 Å². The zero-order valence-electron chi connectivity index (χ0n) is 18.2. The van der Waals surface area contributed by atoms with E-state index < -0.39 is 17.8 Å². The van der Waals surface area contributed by atoms with Gasteiger partial charge in [-0.15, -0.1) is 0 Å². The van der Waals surface area contributed by atoms with Gasteiger partial charge in [-0.05, 0) is 54.6 Å². The van der Waals surface area contributed by atoms with Gasteiger partial charge in [0, 0.05) is 29.4 Å². The van der Waals surface area contributed by atoms with E-state index in [0.29, 0.717) is 28.2 Å². The number of hydrogen-bond acceptors (Lipinski definition) is 3. The van der Waals surface area contributed by atoms with Crippen LogP contribution in [-0.2, 0) is 11.0 Å². The zero-order chi connectivity index (χ0) is 25.2. The molecule has 4 rings (SSSR count). The minimum atomic E-state index is -4.64. The summed E-state index contributed by atoms with van der Waals surface area (Å²) in [5.41, 5.74) is 1.24. The van der Waals surface area contributed by atoms with Crippen LogP contribution in [0.5, 0.6) is 0 Å². The Labute approximate surface area is 203 Å². The molecule has 0 saturated heterocycles. The lowest BCUT2D eigenvalue weighted by Gasteiger charge is -2.10. The first-order valence-electron chi connectivity index (χ1n) is 10.3. The lowest BCUT2D eigenvalue weighted by Crippen LogP contribution is -2.12. The third kappa shape index (κ3) is 5.52. The fraction of sp³-hybridized carbons (Fsp3) is 0.0800. The molecule has 1 aromatic heterocycles. The van der Waals surface area contributed by atoms with Crippen molar-refractivity contribution in [3.8, 4) is 16.9 Å². The molecule has 0 atom stereocenters. The maximum absolute atomic E-state index is 13.4. The number of hydrogen-bond donors (Lipinski definition) is 2. The summed E-state index contributed by atoms with van der Waals surface area (Å²) in [6, 6.07) is 20.0. The first-order valence-corrected chi connectivity index (χ1v) is 10.7. The van der Waals surface area contributed by atoms with Crippen LogP contribution in [0.25, 0.3) is 16.9 Å². The minimum Gasteiger partial charge on any atom is -0.326 e. The number of carbonyl (C=O) groups excluding carboxylic acids is 2. The Kier molecular flexibility index (Phi) is 6.61. The van der Waals surface area contributed by atoms with Crippen molar-refractivity contribution in [3.63, 3.8) is 0 Å². The minimum absolute atomic E-state index is 0.172. The second-order valence-electron chi connectivity index (χ2n) is 7.57. The summed E-state index contributed by atoms with van der Waals surface area (Å²) >= 11 is 6.20. The number of amides is 2. The molecule has 10 heteroatoms. The summed E-state index contributed by atoms with van der Waals surface area (Å²) in [7, 11) is 0. The number of nitrogens with one attached hydrogen (secondary N) is 2. The molecule has 0 saturated carbocycles. The lowest BCUT2D eigenvalue weighted by molar-refractivity contribution is -0.141. The largest absolute Gasteiger partial charge is 0.435 e. The molecule has 4 aromatic rings. The van der Waals surface area contributed by atoms with Gasteiger partial charge in [-0.25, -0.2) is 4.68 Å². The maximum Gasteiger partial charge on any atom is 0.435 e. The average Bonchev–Trinajstić information content (AvgIpc) is 3.26. The van der Waals surface area contributed by atoms with Crippen molar-refractivity contribution in [1.29, 1.82) is 0 Å². The molecule has 3 aromatic carbocycles. The Bertz CT molecular complexity index is 1380. The molecular formula is C25H18ClF3N4O2. The highest BCUT2D eigenvalue weighted by Crippen LogP contribution is 2.34. The Balaban J connectivity index is 1.60. The Morgan fingerprint density at radius 1 is 0.886 bits per heavy atom. The fourth-order valence-electron chi connectivity index (χ4n) is 3.37. The summed E-state index contributed by atoms with van der Waals surface area (Å²) in [4.78, 5) is 23.7. The highest BCUT2D eigenvalue weighted by atomic mass is 35.5. The van der Waals surface area contributed by atoms with Gasteiger partial charge in [-0.2, -0.15) is 18.3 Å². The van der Waals surface area contributed by atoms with Gasteiger partial charge in [0.05, 0.1) is 16.4 Å². The summed E-state index contributed by atoms with van der Waals surface area (Å²) in [5.74, 6) is -0.612. The van der Waals surface area contributed by atoms with E-state index in [1.54, 1.807) is 60.7 Å². The molecular weight excluding hydrogens is 481 g/mol. The predicted molar refractivity (Wildman–Crippen MR) is 128 cm³/mol. The van der Waals surface area contributed by atoms with E-state index in [1.807, 2.05) is 0 Å². The quantitative estimate of drug-likeness (QED) is 0.333. The van der Waals surface area contributed by atoms with Crippen LogP contribution in [0.4, 0.5) is 24.5 Å². The molecule has 1 heterocycles. The van der Waals surface area contributed by atoms with Crippen molar-refractivity contribution in [2.75, 3.05) is 10.6 Å². The van der Waals surface area contributed by atoms with Gasteiger partial charge in [0.2, 0.25) is 5.91 Å². The maximum atomic E-state index is 13.4. The van der Waals surface area contributed by atoms with Gasteiger partial charge in [-0.3, -0.25) is 9.59 Å². The van der Waals surface area contributed by atoms with Crippen LogP contribution in [0.3, 0.4) is 0 Å². The van der Waals surface area contributed by atoms with E-state index >= 15 is 0 Å². The first-order chi connectivity index (χ1) is 16.6. The summed E-state index contributed by atoms with van der Waals surface area (Å²) < 4.78 is 41.3. The van der Waals surface area contributed by atoms with Crippen molar-refractivity contribution in [2.45, 2.75) is 13.1 Å². The molecule has 0 aliphatic carbocycles. The molecule has 35 heavy (non-hydrogen) atoms. The van der Waals surface area contributed by atoms with Gasteiger partial charge in [0.25, 0.3) is 5.91 Å². The van der Waals surface area contributed by atoms with Gasteiger partial charge in [0.15, 0.2) is 5.69 Å². The fourth-order valence-corrected chi connectivity index (χ4v) is 3.58. The van der Waals surface area contributed by atoms with Gasteiger partial charge in [0.1, 0.15) is 0 Å². The molecule has 2 N–H and O–H groups in total. The van der Waals surface area contributed by atoms with Crippen LogP contribution < -0.4 is 10.6 Å². The molecule has 0 spiro atoms. The van der Waals surface area contributed by atoms with E-state index in [1.165, 1.54) is 19.1 Å². The van der Waals surface area contributed by atoms with Gasteiger partial charge < -0.3 is 10.6 Å². The molecule has 0 aliphatic heterocycles. The van der Waals surface area contributed by atoms with Crippen LogP contribution in [0.2, 0.25) is 5.02 Å². The van der Waals surface area contributed by atoms with E-state index in [2.05, 4.69) is 15.7 Å². The number of nitrogens with zero attached hydrogens (tertiary/aromatic N) is 2. The monoisotopic (exact) mass is 498 g/mol. The number of anilines is 2. The molecule has 0 unspecified atom stereocenters. The Morgan fingerprint density at radius 3 is 2.06 bits per heavy atom. The van der Waals surface area contributed by atoms with Gasteiger partial charge >= 0.3 is 6.18 Å². The standard InChI is InChI=1S/C25H18ClF3N4O2/c1-15(34)30-18-10-12-19(13-11-18)31-24(35)17-8-6-16(7-9-17)22-14-23(25(27,28)29)32-33(22)21-5-3-2-4-20(21)26/h2-14H,1H3,(H,30,34)(H,31,35). The second kappa shape index (κ2) is 9.63. The third-order valence-corrected chi connectivity index (χ3v) is 5.31. The van der Waals surface area contributed by atoms with Crippen LogP contribution in [-0.4, -0.2) is 21.6 Å². The number of benzene rings is 3. The van der Waals surface area contributed by atoms with Crippen LogP contribution in [0, 0.1) is 0 Å². The Hall–Kier alpha value is -4.11. The SMILES string of the molecule is CC(=O)Nc1ccc(NC(=O)c2ccc(-c3cc(C(F)(F)F)nn3-c3ccccc3Cl)cc2)cc1. The summed E-state index contributed by atoms with van der Waals surface area (Å²) in [6.07, 6.45) is -4.64. The number of aromatic nitrogens is 2. The van der Waals surface area contributed by atoms with Crippen LogP contribution in [0.15, 0.2) is 78.9 Å². The van der Waals surface area contributed by atoms with Crippen molar-refractivity contribution in [1.82, 2.24) is 9.78 Å². The highest BCUT2D eigenvalue weighted by Gasteiger charge is 2.35. The van der Waals surface area contributed by atoms with Crippen molar-refractivity contribution >= 4 is 34.8 Å². The van der Waals surface area contributed by atoms with E-state index in [9.17, 15) is 22.8 Å². The third-order valence-electron chi connectivity index (χ3n) is 4.99. The summed E-state index contributed by atoms with van der Waals surface area (Å²) in [6.45, 7) is 1.39. The molecule has 0 bridgehead atoms. The second-order valence-corrected chi connectivity index (χ2v) is 7.97. The average molecular weight is 499 g/mol. The van der Waals surface area contributed by atoms with E-state index in [-0.39, 0.29) is 16.6 Å². The van der Waals surface area contributed by atoms with Crippen molar-refractivity contribution in [2.24, 2.45) is 0 Å². The normalized spacial score (nSPS) is 11.2. The van der Waals surface area contributed by atoms with Crippen molar-refractivity contribution in [3.05, 3.63) is 95.1 Å². The molecule has 2 amide bonds. The van der Waals surface area contributed by atoms with E-state index in [0.717, 1.165) is 10.7 Å². The number of alkyl halides is 3. The summed E-state index contributed by atoms with van der Waals surface area (Å²) in [5, 5.41) is 9.33. The smallest absolute Gasteiger partial charge is 0.326 e. The number of halogens is 4. The van der Waals surface area contributed by atoms with Crippen LogP contribution in [0.1, 0.15) is 23.0 Å². The highest BCUT2D eigenvalue weighted by molar-refractivity contribution is 6.32. The zero-order valence-corrected chi connectivity index (χ0v) is 19.0. The van der Waals surface area contributed by atoms with Crippen LogP contribution >= 0.6 is 11.6 Å². The first kappa shape index (κ1) is 24.0. The molecule has 6 nitrogen and oxygen atoms in total. The number of carbonyl (C=O) groups is 2. The molecule has 178 valence electrons. The topological polar surface area (TPSA) is 76.0 Å². The molecule has 0 fully saturated rings. The van der Waals surface area contributed by atoms with E-state index in [4.69, 9.17) is 11.6 Å². The molecule has 0 radical (unpaired) electrons.